The van der Waals surface area contributed by atoms with Gasteiger partial charge in [0.15, 0.2) is 0 Å². The molecular weight excluding hydrogens is 210 g/mol. The molecule has 0 amide bonds. The van der Waals surface area contributed by atoms with E-state index in [2.05, 4.69) is 23.0 Å². The van der Waals surface area contributed by atoms with E-state index < -0.39 is 0 Å². The van der Waals surface area contributed by atoms with Crippen molar-refractivity contribution in [3.05, 3.63) is 53.1 Å². The van der Waals surface area contributed by atoms with Gasteiger partial charge in [0.1, 0.15) is 0 Å². The molecule has 0 aromatic carbocycles. The topological polar surface area (TPSA) is 51.8 Å². The minimum atomic E-state index is 0.692. The summed E-state index contributed by atoms with van der Waals surface area (Å²) in [6, 6.07) is 6.07. The molecule has 0 fully saturated rings. The number of nitrogens with zero attached hydrogens (tertiary/aromatic N) is 2. The molecule has 17 heavy (non-hydrogen) atoms. The molecule has 2 N–H and O–H groups in total. The van der Waals surface area contributed by atoms with Crippen LogP contribution in [0.5, 0.6) is 0 Å². The third-order valence-electron chi connectivity index (χ3n) is 2.93. The van der Waals surface area contributed by atoms with Crippen molar-refractivity contribution in [2.45, 2.75) is 26.7 Å². The highest BCUT2D eigenvalue weighted by Crippen LogP contribution is 2.16. The van der Waals surface area contributed by atoms with Crippen molar-refractivity contribution < 1.29 is 0 Å². The average molecular weight is 227 g/mol. The Hall–Kier alpha value is -1.90. The minimum Gasteiger partial charge on any atom is -0.397 e. The second kappa shape index (κ2) is 4.95. The van der Waals surface area contributed by atoms with Crippen LogP contribution in [0, 0.1) is 6.92 Å². The van der Waals surface area contributed by atoms with E-state index in [1.54, 1.807) is 6.20 Å². The van der Waals surface area contributed by atoms with Gasteiger partial charge in [0.25, 0.3) is 0 Å². The molecule has 0 saturated heterocycles. The van der Waals surface area contributed by atoms with Crippen LogP contribution in [0.1, 0.15) is 29.4 Å². The standard InChI is InChI=1S/C14H17N3/c1-3-11-4-5-12(17-9-11)8-13-14(15)10(2)6-7-16-13/h4-7,9H,3,8,15H2,1-2H3. The summed E-state index contributed by atoms with van der Waals surface area (Å²) in [5.74, 6) is 0. The molecule has 0 aliphatic carbocycles. The Bertz CT molecular complexity index is 503. The minimum absolute atomic E-state index is 0.692. The van der Waals surface area contributed by atoms with Gasteiger partial charge in [-0.1, -0.05) is 13.0 Å². The molecule has 0 saturated carbocycles. The van der Waals surface area contributed by atoms with Crippen LogP contribution in [0.4, 0.5) is 5.69 Å². The Kier molecular flexibility index (Phi) is 3.38. The summed E-state index contributed by atoms with van der Waals surface area (Å²) in [4.78, 5) is 8.73. The Morgan fingerprint density at radius 2 is 2.00 bits per heavy atom. The average Bonchev–Trinajstić information content (AvgIpc) is 2.36. The number of aromatic nitrogens is 2. The maximum atomic E-state index is 6.00. The molecule has 0 spiro atoms. The first-order valence-electron chi connectivity index (χ1n) is 5.84. The van der Waals surface area contributed by atoms with Gasteiger partial charge in [0.2, 0.25) is 0 Å². The lowest BCUT2D eigenvalue weighted by Gasteiger charge is -2.07. The molecule has 0 radical (unpaired) electrons. The smallest absolute Gasteiger partial charge is 0.0694 e. The summed E-state index contributed by atoms with van der Waals surface area (Å²) in [6.07, 6.45) is 5.42. The van der Waals surface area contributed by atoms with Crippen molar-refractivity contribution in [3.8, 4) is 0 Å². The molecule has 3 nitrogen and oxygen atoms in total. The highest BCUT2D eigenvalue weighted by molar-refractivity contribution is 5.50. The monoisotopic (exact) mass is 227 g/mol. The van der Waals surface area contributed by atoms with Gasteiger partial charge >= 0.3 is 0 Å². The number of nitrogen functional groups attached to an aromatic ring is 1. The predicted octanol–water partition coefficient (Wildman–Crippen LogP) is 2.52. The van der Waals surface area contributed by atoms with Gasteiger partial charge < -0.3 is 5.73 Å². The summed E-state index contributed by atoms with van der Waals surface area (Å²) in [6.45, 7) is 4.12. The fraction of sp³-hybridized carbons (Fsp3) is 0.286. The molecule has 0 aliphatic rings. The molecule has 2 aromatic heterocycles. The fourth-order valence-electron chi connectivity index (χ4n) is 1.71. The molecule has 0 bridgehead atoms. The normalized spacial score (nSPS) is 10.5. The lowest BCUT2D eigenvalue weighted by Crippen LogP contribution is -2.02. The highest BCUT2D eigenvalue weighted by Gasteiger charge is 2.05. The van der Waals surface area contributed by atoms with E-state index in [9.17, 15) is 0 Å². The summed E-state index contributed by atoms with van der Waals surface area (Å²) < 4.78 is 0. The Labute approximate surface area is 102 Å². The Morgan fingerprint density at radius 1 is 1.18 bits per heavy atom. The van der Waals surface area contributed by atoms with E-state index in [0.717, 1.165) is 29.1 Å². The molecule has 0 atom stereocenters. The van der Waals surface area contributed by atoms with E-state index in [4.69, 9.17) is 5.73 Å². The summed E-state index contributed by atoms with van der Waals surface area (Å²) >= 11 is 0. The number of nitrogens with two attached hydrogens (primary N) is 1. The first-order chi connectivity index (χ1) is 8.20. The lowest BCUT2D eigenvalue weighted by atomic mass is 10.1. The van der Waals surface area contributed by atoms with Crippen molar-refractivity contribution in [1.82, 2.24) is 9.97 Å². The maximum absolute atomic E-state index is 6.00. The van der Waals surface area contributed by atoms with Crippen LogP contribution in [0.15, 0.2) is 30.6 Å². The maximum Gasteiger partial charge on any atom is 0.0694 e. The molecule has 2 rings (SSSR count). The zero-order valence-corrected chi connectivity index (χ0v) is 10.3. The van der Waals surface area contributed by atoms with Gasteiger partial charge in [-0.15, -0.1) is 0 Å². The van der Waals surface area contributed by atoms with Crippen molar-refractivity contribution in [1.29, 1.82) is 0 Å². The third kappa shape index (κ3) is 2.61. The predicted molar refractivity (Wildman–Crippen MR) is 69.8 cm³/mol. The van der Waals surface area contributed by atoms with Crippen LogP contribution in [0.2, 0.25) is 0 Å². The quantitative estimate of drug-likeness (QED) is 0.876. The van der Waals surface area contributed by atoms with Crippen LogP contribution in [-0.4, -0.2) is 9.97 Å². The zero-order chi connectivity index (χ0) is 12.3. The molecule has 0 unspecified atom stereocenters. The van der Waals surface area contributed by atoms with Crippen LogP contribution in [-0.2, 0) is 12.8 Å². The van der Waals surface area contributed by atoms with Gasteiger partial charge in [-0.25, -0.2) is 0 Å². The van der Waals surface area contributed by atoms with E-state index >= 15 is 0 Å². The van der Waals surface area contributed by atoms with Crippen LogP contribution in [0.3, 0.4) is 0 Å². The van der Waals surface area contributed by atoms with Crippen LogP contribution < -0.4 is 5.73 Å². The van der Waals surface area contributed by atoms with E-state index in [1.807, 2.05) is 25.3 Å². The second-order valence-electron chi connectivity index (χ2n) is 4.18. The van der Waals surface area contributed by atoms with Crippen LogP contribution in [0.25, 0.3) is 0 Å². The summed E-state index contributed by atoms with van der Waals surface area (Å²) in [7, 11) is 0. The molecular formula is C14H17N3. The van der Waals surface area contributed by atoms with Crippen molar-refractivity contribution in [2.75, 3.05) is 5.73 Å². The second-order valence-corrected chi connectivity index (χ2v) is 4.18. The van der Waals surface area contributed by atoms with E-state index in [0.29, 0.717) is 6.42 Å². The Balaban J connectivity index is 2.22. The molecule has 0 aliphatic heterocycles. The van der Waals surface area contributed by atoms with Crippen LogP contribution >= 0.6 is 0 Å². The van der Waals surface area contributed by atoms with Gasteiger partial charge in [-0.2, -0.15) is 0 Å². The fourth-order valence-corrected chi connectivity index (χ4v) is 1.71. The third-order valence-corrected chi connectivity index (χ3v) is 2.93. The van der Waals surface area contributed by atoms with Crippen molar-refractivity contribution in [2.24, 2.45) is 0 Å². The largest absolute Gasteiger partial charge is 0.397 e. The number of aryl methyl sites for hydroxylation is 2. The van der Waals surface area contributed by atoms with E-state index in [-0.39, 0.29) is 0 Å². The van der Waals surface area contributed by atoms with Gasteiger partial charge in [0.05, 0.1) is 11.4 Å². The summed E-state index contributed by atoms with van der Waals surface area (Å²) in [5.41, 5.74) is 11.0. The number of hydrogen-bond acceptors (Lipinski definition) is 3. The van der Waals surface area contributed by atoms with Crippen molar-refractivity contribution in [3.63, 3.8) is 0 Å². The zero-order valence-electron chi connectivity index (χ0n) is 10.3. The van der Waals surface area contributed by atoms with E-state index in [1.165, 1.54) is 5.56 Å². The summed E-state index contributed by atoms with van der Waals surface area (Å²) in [5, 5.41) is 0. The molecule has 2 aromatic rings. The number of pyridine rings is 2. The highest BCUT2D eigenvalue weighted by atomic mass is 14.8. The number of rotatable bonds is 3. The van der Waals surface area contributed by atoms with Crippen molar-refractivity contribution >= 4 is 5.69 Å². The Morgan fingerprint density at radius 3 is 2.65 bits per heavy atom. The lowest BCUT2D eigenvalue weighted by molar-refractivity contribution is 0.992. The molecule has 2 heterocycles. The van der Waals surface area contributed by atoms with Gasteiger partial charge in [-0.05, 0) is 36.6 Å². The van der Waals surface area contributed by atoms with Gasteiger partial charge in [-0.3, -0.25) is 9.97 Å². The van der Waals surface area contributed by atoms with Gasteiger partial charge in [0, 0.05) is 24.5 Å². The number of anilines is 1. The SMILES string of the molecule is CCc1ccc(Cc2nccc(C)c2N)nc1. The molecule has 88 valence electrons. The first-order valence-corrected chi connectivity index (χ1v) is 5.84. The first kappa shape index (κ1) is 11.6. The molecule has 3 heteroatoms. The number of hydrogen-bond donors (Lipinski definition) is 1.